The molecule has 2 amide bonds. The van der Waals surface area contributed by atoms with Crippen LogP contribution < -0.4 is 0 Å². The number of hydrogen-bond acceptors (Lipinski definition) is 3. The van der Waals surface area contributed by atoms with E-state index in [1.807, 2.05) is 21.6 Å². The quantitative estimate of drug-likeness (QED) is 0.783. The molecule has 3 aliphatic rings. The normalized spacial score (nSPS) is 30.2. The number of hydrogen-bond donors (Lipinski definition) is 0. The number of carbonyl (C=O) groups is 2. The van der Waals surface area contributed by atoms with Gasteiger partial charge in [0.1, 0.15) is 0 Å². The van der Waals surface area contributed by atoms with Crippen LogP contribution in [0.25, 0.3) is 0 Å². The number of nitrogens with zero attached hydrogens (tertiary/aromatic N) is 2. The van der Waals surface area contributed by atoms with Crippen molar-refractivity contribution in [3.05, 3.63) is 0 Å². The Morgan fingerprint density at radius 2 is 1.23 bits per heavy atom. The topological polar surface area (TPSA) is 40.6 Å². The first-order chi connectivity index (χ1) is 10.8. The van der Waals surface area contributed by atoms with Gasteiger partial charge in [0.25, 0.3) is 0 Å². The van der Waals surface area contributed by atoms with Crippen LogP contribution in [0, 0.1) is 11.8 Å². The number of rotatable bonds is 2. The van der Waals surface area contributed by atoms with E-state index in [2.05, 4.69) is 0 Å². The fraction of sp³-hybridized carbons (Fsp3) is 0.882. The molecule has 2 atom stereocenters. The van der Waals surface area contributed by atoms with Crippen LogP contribution >= 0.6 is 11.8 Å². The summed E-state index contributed by atoms with van der Waals surface area (Å²) >= 11 is 1.94. The molecule has 0 bridgehead atoms. The van der Waals surface area contributed by atoms with Crippen molar-refractivity contribution in [1.82, 2.24) is 9.80 Å². The van der Waals surface area contributed by atoms with E-state index in [0.29, 0.717) is 0 Å². The number of likely N-dealkylation sites (tertiary alicyclic amines) is 1. The number of thioether (sulfide) groups is 1. The summed E-state index contributed by atoms with van der Waals surface area (Å²) in [4.78, 5) is 29.8. The molecule has 4 nitrogen and oxygen atoms in total. The molecule has 0 N–H and O–H groups in total. The van der Waals surface area contributed by atoms with Gasteiger partial charge in [-0.1, -0.05) is 12.8 Å². The average Bonchev–Trinajstić information content (AvgIpc) is 2.96. The van der Waals surface area contributed by atoms with Crippen molar-refractivity contribution in [3.63, 3.8) is 0 Å². The first-order valence-corrected chi connectivity index (χ1v) is 10.1. The molecule has 0 spiro atoms. The summed E-state index contributed by atoms with van der Waals surface area (Å²) in [6.07, 6.45) is 7.36. The van der Waals surface area contributed by atoms with Crippen molar-refractivity contribution >= 4 is 23.6 Å². The lowest BCUT2D eigenvalue weighted by atomic mass is 9.77. The molecule has 3 fully saturated rings. The highest BCUT2D eigenvalue weighted by molar-refractivity contribution is 7.99. The zero-order valence-electron chi connectivity index (χ0n) is 13.5. The molecule has 22 heavy (non-hydrogen) atoms. The van der Waals surface area contributed by atoms with Gasteiger partial charge < -0.3 is 9.80 Å². The van der Waals surface area contributed by atoms with Crippen molar-refractivity contribution in [3.8, 4) is 0 Å². The third-order valence-electron chi connectivity index (χ3n) is 5.35. The van der Waals surface area contributed by atoms with Gasteiger partial charge in [-0.2, -0.15) is 11.8 Å². The van der Waals surface area contributed by atoms with E-state index in [9.17, 15) is 9.59 Å². The Kier molecular flexibility index (Phi) is 5.66. The Bertz CT molecular complexity index is 401. The highest BCUT2D eigenvalue weighted by atomic mass is 32.2. The summed E-state index contributed by atoms with van der Waals surface area (Å²) in [6.45, 7) is 3.55. The average molecular weight is 324 g/mol. The van der Waals surface area contributed by atoms with Gasteiger partial charge >= 0.3 is 0 Å². The van der Waals surface area contributed by atoms with Crippen LogP contribution in [0.5, 0.6) is 0 Å². The van der Waals surface area contributed by atoms with Crippen LogP contribution in [0.4, 0.5) is 0 Å². The number of carbonyl (C=O) groups excluding carboxylic acids is 2. The minimum absolute atomic E-state index is 0.0461. The molecule has 0 aromatic rings. The van der Waals surface area contributed by atoms with Gasteiger partial charge in [-0.15, -0.1) is 0 Å². The fourth-order valence-corrected chi connectivity index (χ4v) is 4.98. The molecule has 5 heteroatoms. The lowest BCUT2D eigenvalue weighted by Gasteiger charge is -2.35. The van der Waals surface area contributed by atoms with E-state index in [1.165, 1.54) is 0 Å². The van der Waals surface area contributed by atoms with Crippen molar-refractivity contribution in [2.24, 2.45) is 11.8 Å². The molecule has 0 aromatic carbocycles. The maximum absolute atomic E-state index is 13.0. The summed E-state index contributed by atoms with van der Waals surface area (Å²) in [7, 11) is 0. The fourth-order valence-electron chi connectivity index (χ4n) is 4.10. The lowest BCUT2D eigenvalue weighted by Crippen LogP contribution is -2.46. The Morgan fingerprint density at radius 1 is 0.682 bits per heavy atom. The molecule has 2 unspecified atom stereocenters. The van der Waals surface area contributed by atoms with Crippen LogP contribution in [0.1, 0.15) is 44.9 Å². The predicted molar refractivity (Wildman–Crippen MR) is 89.8 cm³/mol. The molecule has 2 heterocycles. The zero-order valence-corrected chi connectivity index (χ0v) is 14.3. The smallest absolute Gasteiger partial charge is 0.226 e. The maximum Gasteiger partial charge on any atom is 0.226 e. The molecular weight excluding hydrogens is 296 g/mol. The van der Waals surface area contributed by atoms with Crippen LogP contribution in [-0.2, 0) is 9.59 Å². The standard InChI is InChI=1S/C17H28N2O2S/c20-16(18-8-3-4-9-18)14-6-1-2-7-15(14)17(21)19-10-5-12-22-13-11-19/h14-15H,1-13H2. The first kappa shape index (κ1) is 16.2. The maximum atomic E-state index is 13.0. The van der Waals surface area contributed by atoms with Crippen LogP contribution in [0.15, 0.2) is 0 Å². The summed E-state index contributed by atoms with van der Waals surface area (Å²) in [6, 6.07) is 0. The minimum atomic E-state index is -0.0510. The first-order valence-electron chi connectivity index (χ1n) is 8.92. The van der Waals surface area contributed by atoms with Gasteiger partial charge in [0.2, 0.25) is 11.8 Å². The SMILES string of the molecule is O=C(C1CCCCC1C(=O)N1CCCSCC1)N1CCCC1. The van der Waals surface area contributed by atoms with E-state index in [4.69, 9.17) is 0 Å². The summed E-state index contributed by atoms with van der Waals surface area (Å²) < 4.78 is 0. The molecule has 1 aliphatic carbocycles. The van der Waals surface area contributed by atoms with Gasteiger partial charge in [-0.25, -0.2) is 0 Å². The Labute approximate surface area is 138 Å². The van der Waals surface area contributed by atoms with E-state index in [1.54, 1.807) is 0 Å². The molecule has 2 saturated heterocycles. The summed E-state index contributed by atoms with van der Waals surface area (Å²) in [5.74, 6) is 2.63. The third-order valence-corrected chi connectivity index (χ3v) is 6.40. The minimum Gasteiger partial charge on any atom is -0.342 e. The van der Waals surface area contributed by atoms with Gasteiger partial charge in [0, 0.05) is 43.8 Å². The van der Waals surface area contributed by atoms with Crippen molar-refractivity contribution in [2.45, 2.75) is 44.9 Å². The molecule has 0 aromatic heterocycles. The Hall–Kier alpha value is -0.710. The second-order valence-corrected chi connectivity index (χ2v) is 8.05. The second kappa shape index (κ2) is 7.71. The Balaban J connectivity index is 1.68. The van der Waals surface area contributed by atoms with E-state index >= 15 is 0 Å². The monoisotopic (exact) mass is 324 g/mol. The van der Waals surface area contributed by atoms with E-state index in [-0.39, 0.29) is 23.7 Å². The number of amides is 2. The highest BCUT2D eigenvalue weighted by Gasteiger charge is 2.40. The van der Waals surface area contributed by atoms with Crippen LogP contribution in [0.2, 0.25) is 0 Å². The molecule has 1 saturated carbocycles. The van der Waals surface area contributed by atoms with Crippen LogP contribution in [-0.4, -0.2) is 59.3 Å². The van der Waals surface area contributed by atoms with Crippen molar-refractivity contribution < 1.29 is 9.59 Å². The molecule has 0 radical (unpaired) electrons. The summed E-state index contributed by atoms with van der Waals surface area (Å²) in [5.41, 5.74) is 0. The van der Waals surface area contributed by atoms with Crippen LogP contribution in [0.3, 0.4) is 0 Å². The third kappa shape index (κ3) is 3.61. The zero-order chi connectivity index (χ0) is 15.4. The van der Waals surface area contributed by atoms with Gasteiger partial charge in [-0.05, 0) is 37.9 Å². The molecule has 124 valence electrons. The van der Waals surface area contributed by atoms with Gasteiger partial charge in [0.05, 0.1) is 0 Å². The predicted octanol–water partition coefficient (Wildman–Crippen LogP) is 2.38. The van der Waals surface area contributed by atoms with Gasteiger partial charge in [-0.3, -0.25) is 9.59 Å². The van der Waals surface area contributed by atoms with Crippen molar-refractivity contribution in [2.75, 3.05) is 37.7 Å². The highest BCUT2D eigenvalue weighted by Crippen LogP contribution is 2.34. The summed E-state index contributed by atoms with van der Waals surface area (Å²) in [5, 5.41) is 0. The molecule has 3 rings (SSSR count). The second-order valence-electron chi connectivity index (χ2n) is 6.82. The van der Waals surface area contributed by atoms with E-state index < -0.39 is 0 Å². The largest absolute Gasteiger partial charge is 0.342 e. The van der Waals surface area contributed by atoms with Gasteiger partial charge in [0.15, 0.2) is 0 Å². The molecule has 2 aliphatic heterocycles. The Morgan fingerprint density at radius 3 is 1.86 bits per heavy atom. The van der Waals surface area contributed by atoms with E-state index in [0.717, 1.165) is 82.6 Å². The van der Waals surface area contributed by atoms with Crippen molar-refractivity contribution in [1.29, 1.82) is 0 Å². The lowest BCUT2D eigenvalue weighted by molar-refractivity contribution is -0.147. The molecular formula is C17H28N2O2S.